The molecule has 6 nitrogen and oxygen atoms in total. The maximum absolute atomic E-state index is 12.2. The van der Waals surface area contributed by atoms with E-state index in [0.29, 0.717) is 12.2 Å². The lowest BCUT2D eigenvalue weighted by molar-refractivity contribution is -0.122. The molecule has 0 spiro atoms. The Morgan fingerprint density at radius 1 is 1.30 bits per heavy atom. The molecular weight excluding hydrogens is 294 g/mol. The highest BCUT2D eigenvalue weighted by atomic mass is 16.5. The molecule has 2 rings (SSSR count). The van der Waals surface area contributed by atoms with Gasteiger partial charge in [0.2, 0.25) is 0 Å². The molecule has 0 bridgehead atoms. The first kappa shape index (κ1) is 17.3. The third kappa shape index (κ3) is 4.69. The molecule has 6 heteroatoms. The quantitative estimate of drug-likeness (QED) is 0.899. The number of benzene rings is 1. The maximum atomic E-state index is 12.2. The summed E-state index contributed by atoms with van der Waals surface area (Å²) in [5.41, 5.74) is 2.33. The van der Waals surface area contributed by atoms with Gasteiger partial charge in [-0.15, -0.1) is 0 Å². The summed E-state index contributed by atoms with van der Waals surface area (Å²) >= 11 is 0. The molecule has 3 amide bonds. The van der Waals surface area contributed by atoms with Gasteiger partial charge >= 0.3 is 6.03 Å². The first-order valence-corrected chi connectivity index (χ1v) is 7.81. The number of anilines is 2. The second kappa shape index (κ2) is 7.00. The number of rotatable bonds is 3. The highest BCUT2D eigenvalue weighted by molar-refractivity contribution is 5.97. The van der Waals surface area contributed by atoms with Crippen LogP contribution in [-0.4, -0.2) is 37.7 Å². The van der Waals surface area contributed by atoms with Crippen LogP contribution < -0.4 is 15.5 Å². The summed E-state index contributed by atoms with van der Waals surface area (Å²) in [6.07, 6.45) is 1.86. The van der Waals surface area contributed by atoms with E-state index in [1.807, 2.05) is 39.0 Å². The maximum Gasteiger partial charge on any atom is 0.319 e. The number of carbonyl (C=O) groups is 2. The van der Waals surface area contributed by atoms with Crippen molar-refractivity contribution in [3.05, 3.63) is 23.8 Å². The molecule has 126 valence electrons. The van der Waals surface area contributed by atoms with Crippen molar-refractivity contribution in [3.8, 4) is 0 Å². The van der Waals surface area contributed by atoms with Gasteiger partial charge in [-0.05, 0) is 51.3 Å². The molecule has 0 aliphatic carbocycles. The Kier molecular flexibility index (Phi) is 5.26. The van der Waals surface area contributed by atoms with E-state index in [1.54, 1.807) is 4.90 Å². The molecule has 0 aromatic heterocycles. The van der Waals surface area contributed by atoms with Crippen LogP contribution in [0.1, 0.15) is 32.8 Å². The van der Waals surface area contributed by atoms with Gasteiger partial charge in [0.1, 0.15) is 6.61 Å². The van der Waals surface area contributed by atoms with Crippen LogP contribution in [0.5, 0.6) is 0 Å². The normalized spacial score (nSPS) is 14.2. The van der Waals surface area contributed by atoms with Crippen LogP contribution >= 0.6 is 0 Å². The zero-order valence-corrected chi connectivity index (χ0v) is 14.2. The summed E-state index contributed by atoms with van der Waals surface area (Å²) in [6, 6.07) is 5.42. The Hall–Kier alpha value is -2.08. The van der Waals surface area contributed by atoms with Crippen molar-refractivity contribution in [1.82, 2.24) is 5.32 Å². The van der Waals surface area contributed by atoms with Crippen LogP contribution in [0.4, 0.5) is 16.2 Å². The van der Waals surface area contributed by atoms with Crippen LogP contribution in [0.15, 0.2) is 18.2 Å². The lowest BCUT2D eigenvalue weighted by Gasteiger charge is -2.30. The largest absolute Gasteiger partial charge is 0.375 e. The predicted molar refractivity (Wildman–Crippen MR) is 90.9 cm³/mol. The van der Waals surface area contributed by atoms with E-state index >= 15 is 0 Å². The minimum absolute atomic E-state index is 0.0571. The molecule has 1 heterocycles. The van der Waals surface area contributed by atoms with Gasteiger partial charge < -0.3 is 20.3 Å². The number of nitrogens with zero attached hydrogens (tertiary/aromatic N) is 1. The average Bonchev–Trinajstić information content (AvgIpc) is 2.44. The van der Waals surface area contributed by atoms with Gasteiger partial charge in [0, 0.05) is 30.6 Å². The first-order valence-electron chi connectivity index (χ1n) is 7.81. The van der Waals surface area contributed by atoms with Crippen LogP contribution in [0.25, 0.3) is 0 Å². The third-order valence-corrected chi connectivity index (χ3v) is 3.52. The van der Waals surface area contributed by atoms with Crippen molar-refractivity contribution in [2.75, 3.05) is 30.5 Å². The second-order valence-electron chi connectivity index (χ2n) is 6.75. The number of carbonyl (C=O) groups excluding carboxylic acids is 2. The number of ether oxygens (including phenoxy) is 1. The number of aryl methyl sites for hydroxylation is 1. The fourth-order valence-corrected chi connectivity index (χ4v) is 2.62. The van der Waals surface area contributed by atoms with Gasteiger partial charge in [-0.25, -0.2) is 4.79 Å². The zero-order chi connectivity index (χ0) is 17.0. The number of urea groups is 1. The van der Waals surface area contributed by atoms with Crippen molar-refractivity contribution in [3.63, 3.8) is 0 Å². The summed E-state index contributed by atoms with van der Waals surface area (Å²) in [6.45, 7) is 6.49. The molecule has 0 saturated heterocycles. The van der Waals surface area contributed by atoms with Gasteiger partial charge in [-0.3, -0.25) is 4.79 Å². The molecule has 0 radical (unpaired) electrons. The van der Waals surface area contributed by atoms with Crippen LogP contribution in [-0.2, 0) is 16.0 Å². The standard InChI is InChI=1S/C17H25N3O3/c1-17(2,3)19-16(22)18-13-8-7-12-6-5-9-20(14(12)10-13)15(21)11-23-4/h7-8,10H,5-6,9,11H2,1-4H3,(H2,18,19,22). The van der Waals surface area contributed by atoms with E-state index < -0.39 is 0 Å². The molecule has 0 saturated carbocycles. The topological polar surface area (TPSA) is 70.7 Å². The van der Waals surface area contributed by atoms with Gasteiger partial charge in [0.05, 0.1) is 0 Å². The number of hydrogen-bond donors (Lipinski definition) is 2. The predicted octanol–water partition coefficient (Wildman–Crippen LogP) is 2.53. The van der Waals surface area contributed by atoms with E-state index in [1.165, 1.54) is 7.11 Å². The fourth-order valence-electron chi connectivity index (χ4n) is 2.62. The molecule has 1 aliphatic rings. The first-order chi connectivity index (χ1) is 10.8. The number of nitrogens with one attached hydrogen (secondary N) is 2. The summed E-state index contributed by atoms with van der Waals surface area (Å²) in [5.74, 6) is -0.0651. The van der Waals surface area contributed by atoms with Crippen LogP contribution in [0.3, 0.4) is 0 Å². The summed E-state index contributed by atoms with van der Waals surface area (Å²) in [5, 5.41) is 5.67. The number of amides is 3. The van der Waals surface area contributed by atoms with E-state index in [0.717, 1.165) is 24.1 Å². The van der Waals surface area contributed by atoms with Gasteiger partial charge in [0.15, 0.2) is 0 Å². The van der Waals surface area contributed by atoms with E-state index in [4.69, 9.17) is 4.74 Å². The van der Waals surface area contributed by atoms with Gasteiger partial charge in [-0.1, -0.05) is 6.07 Å². The van der Waals surface area contributed by atoms with E-state index in [-0.39, 0.29) is 24.1 Å². The number of hydrogen-bond acceptors (Lipinski definition) is 3. The Bertz CT molecular complexity index is 593. The fraction of sp³-hybridized carbons (Fsp3) is 0.529. The van der Waals surface area contributed by atoms with Crippen LogP contribution in [0, 0.1) is 0 Å². The van der Waals surface area contributed by atoms with Gasteiger partial charge in [-0.2, -0.15) is 0 Å². The Morgan fingerprint density at radius 2 is 2.04 bits per heavy atom. The molecule has 2 N–H and O–H groups in total. The summed E-state index contributed by atoms with van der Waals surface area (Å²) < 4.78 is 4.95. The number of methoxy groups -OCH3 is 1. The second-order valence-corrected chi connectivity index (χ2v) is 6.75. The summed E-state index contributed by atoms with van der Waals surface area (Å²) in [4.78, 5) is 25.9. The lowest BCUT2D eigenvalue weighted by atomic mass is 10.0. The Morgan fingerprint density at radius 3 is 2.70 bits per heavy atom. The van der Waals surface area contributed by atoms with E-state index in [9.17, 15) is 9.59 Å². The molecule has 1 aliphatic heterocycles. The number of fused-ring (bicyclic) bond motifs is 1. The molecular formula is C17H25N3O3. The highest BCUT2D eigenvalue weighted by Gasteiger charge is 2.23. The Balaban J connectivity index is 2.18. The minimum atomic E-state index is -0.307. The minimum Gasteiger partial charge on any atom is -0.375 e. The molecule has 0 unspecified atom stereocenters. The zero-order valence-electron chi connectivity index (χ0n) is 14.2. The van der Waals surface area contributed by atoms with Crippen molar-refractivity contribution in [1.29, 1.82) is 0 Å². The summed E-state index contributed by atoms with van der Waals surface area (Å²) in [7, 11) is 1.51. The lowest BCUT2D eigenvalue weighted by Crippen LogP contribution is -2.43. The monoisotopic (exact) mass is 319 g/mol. The highest BCUT2D eigenvalue weighted by Crippen LogP contribution is 2.30. The third-order valence-electron chi connectivity index (χ3n) is 3.52. The van der Waals surface area contributed by atoms with E-state index in [2.05, 4.69) is 10.6 Å². The molecule has 1 aromatic rings. The van der Waals surface area contributed by atoms with Crippen LogP contribution in [0.2, 0.25) is 0 Å². The smallest absolute Gasteiger partial charge is 0.319 e. The van der Waals surface area contributed by atoms with Crippen molar-refractivity contribution in [2.45, 2.75) is 39.2 Å². The van der Waals surface area contributed by atoms with Crippen molar-refractivity contribution in [2.24, 2.45) is 0 Å². The van der Waals surface area contributed by atoms with Crippen molar-refractivity contribution < 1.29 is 14.3 Å². The Labute approximate surface area is 137 Å². The molecule has 23 heavy (non-hydrogen) atoms. The van der Waals surface area contributed by atoms with Crippen molar-refractivity contribution >= 4 is 23.3 Å². The molecule has 1 aromatic carbocycles. The SMILES string of the molecule is COCC(=O)N1CCCc2ccc(NC(=O)NC(C)(C)C)cc21. The average molecular weight is 319 g/mol. The molecule has 0 atom stereocenters. The van der Waals surface area contributed by atoms with Gasteiger partial charge in [0.25, 0.3) is 5.91 Å². The molecule has 0 fully saturated rings.